The molecule has 0 aromatic carbocycles. The number of carboxylic acid groups (broad SMARTS) is 1. The molecule has 0 heterocycles. The van der Waals surface area contributed by atoms with E-state index in [0.29, 0.717) is 19.4 Å². The van der Waals surface area contributed by atoms with E-state index in [2.05, 4.69) is 15.5 Å². The van der Waals surface area contributed by atoms with Gasteiger partial charge in [-0.2, -0.15) is 0 Å². The molecule has 0 rings (SSSR count). The summed E-state index contributed by atoms with van der Waals surface area (Å²) in [5.41, 5.74) is -0.0652. The summed E-state index contributed by atoms with van der Waals surface area (Å²) in [5, 5.41) is 14.2. The molecule has 0 saturated carbocycles. The molecule has 0 aromatic rings. The maximum Gasteiger partial charge on any atom is 0.326 e. The summed E-state index contributed by atoms with van der Waals surface area (Å²) < 4.78 is 0. The second-order valence-corrected chi connectivity index (χ2v) is 5.91. The highest BCUT2D eigenvalue weighted by Crippen LogP contribution is 2.13. The van der Waals surface area contributed by atoms with E-state index in [1.54, 1.807) is 0 Å². The largest absolute Gasteiger partial charge is 0.480 e. The number of urea groups is 1. The van der Waals surface area contributed by atoms with E-state index < -0.39 is 18.0 Å². The van der Waals surface area contributed by atoms with E-state index in [9.17, 15) is 9.59 Å². The van der Waals surface area contributed by atoms with Crippen LogP contribution in [0.5, 0.6) is 0 Å². The first-order valence-electron chi connectivity index (χ1n) is 6.60. The summed E-state index contributed by atoms with van der Waals surface area (Å²) in [5.74, 6) is -0.996. The van der Waals surface area contributed by atoms with Gasteiger partial charge in [-0.3, -0.25) is 0 Å². The Kier molecular flexibility index (Phi) is 7.44. The zero-order chi connectivity index (χ0) is 15.1. The Morgan fingerprint density at radius 2 is 1.89 bits per heavy atom. The van der Waals surface area contributed by atoms with Gasteiger partial charge in [0.15, 0.2) is 0 Å². The second-order valence-electron chi connectivity index (χ2n) is 5.91. The van der Waals surface area contributed by atoms with Gasteiger partial charge in [0.1, 0.15) is 6.04 Å². The number of carbonyl (C=O) groups is 2. The van der Waals surface area contributed by atoms with Crippen molar-refractivity contribution in [3.05, 3.63) is 0 Å². The third-order valence-electron chi connectivity index (χ3n) is 2.65. The van der Waals surface area contributed by atoms with Crippen molar-refractivity contribution < 1.29 is 14.7 Å². The molecule has 1 atom stereocenters. The molecule has 2 amide bonds. The monoisotopic (exact) mass is 273 g/mol. The molecule has 19 heavy (non-hydrogen) atoms. The number of hydrogen-bond donors (Lipinski definition) is 3. The van der Waals surface area contributed by atoms with Gasteiger partial charge in [-0.25, -0.2) is 9.59 Å². The van der Waals surface area contributed by atoms with Gasteiger partial charge in [0.05, 0.1) is 0 Å². The Bertz CT molecular complexity index is 304. The Labute approximate surface area is 115 Å². The number of hydrogen-bond acceptors (Lipinski definition) is 3. The predicted octanol–water partition coefficient (Wildman–Crippen LogP) is 1.13. The Morgan fingerprint density at radius 3 is 2.32 bits per heavy atom. The molecule has 0 bridgehead atoms. The number of carbonyl (C=O) groups excluding carboxylic acids is 1. The molecule has 6 heteroatoms. The van der Waals surface area contributed by atoms with Gasteiger partial charge < -0.3 is 20.6 Å². The Morgan fingerprint density at radius 1 is 1.32 bits per heavy atom. The SMILES string of the molecule is CCCC(NC(=O)NCC(C)(C)CN(C)C)C(=O)O. The maximum atomic E-state index is 11.7. The average molecular weight is 273 g/mol. The van der Waals surface area contributed by atoms with Crippen LogP contribution in [0.2, 0.25) is 0 Å². The molecule has 1 unspecified atom stereocenters. The Hall–Kier alpha value is -1.30. The van der Waals surface area contributed by atoms with E-state index in [4.69, 9.17) is 5.11 Å². The topological polar surface area (TPSA) is 81.7 Å². The van der Waals surface area contributed by atoms with Crippen molar-refractivity contribution in [3.8, 4) is 0 Å². The average Bonchev–Trinajstić information content (AvgIpc) is 2.24. The quantitative estimate of drug-likeness (QED) is 0.619. The molecular formula is C13H27N3O3. The fourth-order valence-corrected chi connectivity index (χ4v) is 1.99. The minimum Gasteiger partial charge on any atom is -0.480 e. The minimum absolute atomic E-state index is 0.0652. The molecule has 6 nitrogen and oxygen atoms in total. The van der Waals surface area contributed by atoms with Crippen LogP contribution in [0.15, 0.2) is 0 Å². The summed E-state index contributed by atoms with van der Waals surface area (Å²) in [7, 11) is 3.95. The molecule has 3 N–H and O–H groups in total. The van der Waals surface area contributed by atoms with Crippen LogP contribution < -0.4 is 10.6 Å². The zero-order valence-corrected chi connectivity index (χ0v) is 12.6. The van der Waals surface area contributed by atoms with Crippen LogP contribution in [0.4, 0.5) is 4.79 Å². The molecule has 0 aliphatic carbocycles. The predicted molar refractivity (Wildman–Crippen MR) is 75.2 cm³/mol. The molecule has 0 aromatic heterocycles. The molecule has 112 valence electrons. The fourth-order valence-electron chi connectivity index (χ4n) is 1.99. The summed E-state index contributed by atoms with van der Waals surface area (Å²) in [6.45, 7) is 7.32. The number of aliphatic carboxylic acids is 1. The van der Waals surface area contributed by atoms with Gasteiger partial charge in [-0.15, -0.1) is 0 Å². The summed E-state index contributed by atoms with van der Waals surface area (Å²) in [4.78, 5) is 24.6. The molecule has 0 fully saturated rings. The zero-order valence-electron chi connectivity index (χ0n) is 12.6. The highest BCUT2D eigenvalue weighted by Gasteiger charge is 2.22. The minimum atomic E-state index is -0.996. The number of nitrogens with one attached hydrogen (secondary N) is 2. The highest BCUT2D eigenvalue weighted by molar-refractivity contribution is 5.82. The van der Waals surface area contributed by atoms with Crippen LogP contribution in [0, 0.1) is 5.41 Å². The van der Waals surface area contributed by atoms with Gasteiger partial charge in [0.25, 0.3) is 0 Å². The lowest BCUT2D eigenvalue weighted by molar-refractivity contribution is -0.139. The van der Waals surface area contributed by atoms with Crippen LogP contribution in [0.25, 0.3) is 0 Å². The lowest BCUT2D eigenvalue weighted by Crippen LogP contribution is -2.49. The van der Waals surface area contributed by atoms with Crippen LogP contribution in [0.3, 0.4) is 0 Å². The van der Waals surface area contributed by atoms with Gasteiger partial charge in [-0.05, 0) is 25.9 Å². The molecule has 0 aliphatic heterocycles. The van der Waals surface area contributed by atoms with Gasteiger partial charge in [-0.1, -0.05) is 27.2 Å². The first-order valence-corrected chi connectivity index (χ1v) is 6.60. The van der Waals surface area contributed by atoms with Crippen LogP contribution in [-0.4, -0.2) is 55.2 Å². The number of amides is 2. The lowest BCUT2D eigenvalue weighted by atomic mass is 9.93. The number of nitrogens with zero attached hydrogens (tertiary/aromatic N) is 1. The van der Waals surface area contributed by atoms with Gasteiger partial charge >= 0.3 is 12.0 Å². The first kappa shape index (κ1) is 17.7. The van der Waals surface area contributed by atoms with Crippen molar-refractivity contribution in [2.75, 3.05) is 27.2 Å². The van der Waals surface area contributed by atoms with Crippen molar-refractivity contribution in [1.29, 1.82) is 0 Å². The first-order chi connectivity index (χ1) is 8.68. The van der Waals surface area contributed by atoms with Gasteiger partial charge in [0.2, 0.25) is 0 Å². The summed E-state index contributed by atoms with van der Waals surface area (Å²) >= 11 is 0. The van der Waals surface area contributed by atoms with E-state index in [-0.39, 0.29) is 5.41 Å². The molecular weight excluding hydrogens is 246 g/mol. The third kappa shape index (κ3) is 8.42. The van der Waals surface area contributed by atoms with E-state index in [1.165, 1.54) is 0 Å². The summed E-state index contributed by atoms with van der Waals surface area (Å²) in [6, 6.07) is -1.24. The summed E-state index contributed by atoms with van der Waals surface area (Å²) in [6.07, 6.45) is 1.15. The normalized spacial score (nSPS) is 13.2. The molecule has 0 saturated heterocycles. The maximum absolute atomic E-state index is 11.7. The van der Waals surface area contributed by atoms with Crippen molar-refractivity contribution in [2.24, 2.45) is 5.41 Å². The molecule has 0 radical (unpaired) electrons. The van der Waals surface area contributed by atoms with E-state index in [0.717, 1.165) is 6.54 Å². The van der Waals surface area contributed by atoms with Crippen molar-refractivity contribution in [2.45, 2.75) is 39.7 Å². The third-order valence-corrected chi connectivity index (χ3v) is 2.65. The van der Waals surface area contributed by atoms with Crippen molar-refractivity contribution >= 4 is 12.0 Å². The van der Waals surface area contributed by atoms with Crippen LogP contribution in [-0.2, 0) is 4.79 Å². The smallest absolute Gasteiger partial charge is 0.326 e. The van der Waals surface area contributed by atoms with Crippen molar-refractivity contribution in [1.82, 2.24) is 15.5 Å². The van der Waals surface area contributed by atoms with Crippen molar-refractivity contribution in [3.63, 3.8) is 0 Å². The Balaban J connectivity index is 4.20. The molecule has 0 aliphatic rings. The number of carboxylic acids is 1. The highest BCUT2D eigenvalue weighted by atomic mass is 16.4. The van der Waals surface area contributed by atoms with E-state index >= 15 is 0 Å². The van der Waals surface area contributed by atoms with Crippen LogP contribution in [0.1, 0.15) is 33.6 Å². The number of rotatable bonds is 8. The molecule has 0 spiro atoms. The standard InChI is InChI=1S/C13H27N3O3/c1-6-7-10(11(17)18)15-12(19)14-8-13(2,3)9-16(4)5/h10H,6-9H2,1-5H3,(H,17,18)(H2,14,15,19). The van der Waals surface area contributed by atoms with E-state index in [1.807, 2.05) is 34.9 Å². The van der Waals surface area contributed by atoms with Crippen LogP contribution >= 0.6 is 0 Å². The fraction of sp³-hybridized carbons (Fsp3) is 0.846. The second kappa shape index (κ2) is 7.99. The lowest BCUT2D eigenvalue weighted by Gasteiger charge is -2.28. The van der Waals surface area contributed by atoms with Gasteiger partial charge in [0, 0.05) is 13.1 Å².